The zero-order chi connectivity index (χ0) is 22.1. The van der Waals surface area contributed by atoms with Gasteiger partial charge in [-0.2, -0.15) is 0 Å². The number of halogens is 1. The van der Waals surface area contributed by atoms with Crippen LogP contribution in [0.4, 0.5) is 0 Å². The van der Waals surface area contributed by atoms with Crippen LogP contribution in [0.2, 0.25) is 5.02 Å². The van der Waals surface area contributed by atoms with E-state index in [4.69, 9.17) is 40.1 Å². The summed E-state index contributed by atoms with van der Waals surface area (Å²) < 4.78 is 33.1. The molecule has 1 aromatic rings. The minimum absolute atomic E-state index is 0. The number of rotatable bonds is 6. The van der Waals surface area contributed by atoms with Crippen LogP contribution >= 0.6 is 11.6 Å². The van der Waals surface area contributed by atoms with E-state index in [-0.39, 0.29) is 35.8 Å². The van der Waals surface area contributed by atoms with Crippen LogP contribution in [0.15, 0.2) is 24.4 Å². The molecular weight excluding hydrogens is 442 g/mol. The summed E-state index contributed by atoms with van der Waals surface area (Å²) in [6.07, 6.45) is 4.29. The third kappa shape index (κ3) is 9.87. The first kappa shape index (κ1) is 31.7. The van der Waals surface area contributed by atoms with E-state index in [1.54, 1.807) is 32.6 Å². The number of carbonyl (C=O) groups is 1. The summed E-state index contributed by atoms with van der Waals surface area (Å²) in [5.41, 5.74) is 0.815. The molecule has 0 unspecified atom stereocenters. The van der Waals surface area contributed by atoms with Crippen molar-refractivity contribution in [3.05, 3.63) is 54.9 Å². The molecule has 0 aliphatic carbocycles. The maximum atomic E-state index is 11.8. The molecule has 0 bridgehead atoms. The minimum Gasteiger partial charge on any atom is 0 e. The molecule has 0 amide bonds. The van der Waals surface area contributed by atoms with E-state index in [0.29, 0.717) is 35.9 Å². The quantitative estimate of drug-likeness (QED) is 0.515. The maximum absolute atomic E-state index is 11.8. The molecule has 2 rings (SSSR count). The Hall–Kier alpha value is -1.97. The van der Waals surface area contributed by atoms with Crippen LogP contribution in [0.5, 0.6) is 11.5 Å². The van der Waals surface area contributed by atoms with Gasteiger partial charge in [0, 0.05) is 54.2 Å². The second kappa shape index (κ2) is 19.4. The van der Waals surface area contributed by atoms with Crippen LogP contribution in [0.3, 0.4) is 0 Å². The topological polar surface area (TPSA) is 119 Å². The Morgan fingerprint density at radius 2 is 1.66 bits per heavy atom. The fraction of sp³-hybridized carbons (Fsp3) is 0.368. The van der Waals surface area contributed by atoms with Crippen molar-refractivity contribution in [1.82, 2.24) is 4.90 Å². The molecule has 1 N–H and O–H groups in total. The van der Waals surface area contributed by atoms with Gasteiger partial charge in [0.25, 0.3) is 0 Å². The number of aliphatic hydroxyl groups excluding tert-OH is 1. The number of benzene rings is 1. The first-order valence-corrected chi connectivity index (χ1v) is 8.08. The van der Waals surface area contributed by atoms with E-state index < -0.39 is 0 Å². The number of ether oxygens (including phenoxy) is 2. The Bertz CT molecular complexity index is 690. The van der Waals surface area contributed by atoms with E-state index in [1.165, 1.54) is 0 Å². The molecule has 0 radical (unpaired) electrons. The molecule has 10 heteroatoms. The van der Waals surface area contributed by atoms with Crippen molar-refractivity contribution in [2.45, 2.75) is 18.9 Å². The third-order valence-corrected chi connectivity index (χ3v) is 4.01. The largest absolute Gasteiger partial charge is 0 e. The molecule has 0 aromatic heterocycles. The predicted molar refractivity (Wildman–Crippen MR) is 96.3 cm³/mol. The van der Waals surface area contributed by atoms with Gasteiger partial charge in [-0.1, -0.05) is 11.6 Å². The van der Waals surface area contributed by atoms with Crippen molar-refractivity contribution in [3.8, 4) is 11.5 Å². The summed E-state index contributed by atoms with van der Waals surface area (Å²) >= 11 is 6.37. The van der Waals surface area contributed by atoms with Crippen LogP contribution in [-0.4, -0.2) is 43.2 Å². The van der Waals surface area contributed by atoms with Gasteiger partial charge in [0.05, 0.1) is 20.3 Å². The van der Waals surface area contributed by atoms with E-state index in [9.17, 15) is 4.79 Å². The average Bonchev–Trinajstić information content (AvgIpc) is 2.76. The molecule has 156 valence electrons. The van der Waals surface area contributed by atoms with Crippen LogP contribution in [0.1, 0.15) is 24.4 Å². The zero-order valence-corrected chi connectivity index (χ0v) is 17.9. The van der Waals surface area contributed by atoms with Crippen LogP contribution in [0, 0.1) is 20.0 Å². The summed E-state index contributed by atoms with van der Waals surface area (Å²) in [4.78, 5) is 13.8. The number of aliphatic hydroxyl groups is 1. The molecule has 0 saturated carbocycles. The monoisotopic (exact) mass is 461 g/mol. The Balaban J connectivity index is -0.000000883. The normalized spacial score (nSPS) is 13.7. The van der Waals surface area contributed by atoms with Crippen LogP contribution in [0.25, 0.3) is 0 Å². The van der Waals surface area contributed by atoms with Crippen molar-refractivity contribution in [2.24, 2.45) is 0 Å². The Morgan fingerprint density at radius 1 is 1.14 bits per heavy atom. The zero-order valence-electron chi connectivity index (χ0n) is 15.8. The molecule has 1 aromatic carbocycles. The van der Waals surface area contributed by atoms with Gasteiger partial charge in [0.2, 0.25) is 0 Å². The van der Waals surface area contributed by atoms with Crippen molar-refractivity contribution >= 4 is 17.4 Å². The minimum atomic E-state index is -0.170. The Labute approximate surface area is 185 Å². The van der Waals surface area contributed by atoms with Gasteiger partial charge >= 0.3 is 33.9 Å². The summed E-state index contributed by atoms with van der Waals surface area (Å²) in [5.74, 6) is 1.18. The molecule has 0 spiro atoms. The SMILES string of the molecule is COc1cc(Cl)c([C@H]2CC(=O)C=CN2CCCO)cc1OC.[C-]#[O+].[C-]#[O+].[C-]#[O+].[Cr]. The number of allylic oxidation sites excluding steroid dienone is 1. The second-order valence-corrected chi connectivity index (χ2v) is 5.45. The number of hydrogen-bond donors (Lipinski definition) is 1. The standard InChI is InChI=1S/C16H20ClNO4.3CO.Cr/c1-21-15-9-12(13(17)10-16(15)22-2)14-8-11(20)4-6-18(14)5-3-7-19;3*1-2;/h4,6,9-10,14,19H,3,5,7-8H2,1-2H3;;;;/t14-;;;;/m1..../s1. The van der Waals surface area contributed by atoms with Crippen LogP contribution < -0.4 is 9.47 Å². The van der Waals surface area contributed by atoms with Crippen molar-refractivity contribution in [1.29, 1.82) is 0 Å². The first-order chi connectivity index (χ1) is 13.6. The number of methoxy groups -OCH3 is 2. The summed E-state index contributed by atoms with van der Waals surface area (Å²) in [5, 5.41) is 9.56. The Kier molecular flexibility index (Phi) is 21.2. The van der Waals surface area contributed by atoms with Gasteiger partial charge in [0.15, 0.2) is 17.3 Å². The van der Waals surface area contributed by atoms with Gasteiger partial charge in [-0.25, -0.2) is 0 Å². The first-order valence-electron chi connectivity index (χ1n) is 7.71. The average molecular weight is 462 g/mol. The van der Waals surface area contributed by atoms with Gasteiger partial charge in [0.1, 0.15) is 0 Å². The fourth-order valence-electron chi connectivity index (χ4n) is 2.56. The molecule has 1 atom stereocenters. The van der Waals surface area contributed by atoms with Gasteiger partial charge in [-0.3, -0.25) is 4.79 Å². The molecule has 29 heavy (non-hydrogen) atoms. The molecule has 0 fully saturated rings. The summed E-state index contributed by atoms with van der Waals surface area (Å²) in [6.45, 7) is 14.3. The van der Waals surface area contributed by atoms with E-state index in [2.05, 4.69) is 20.0 Å². The smallest absolute Gasteiger partial charge is 0 e. The fourth-order valence-corrected chi connectivity index (χ4v) is 2.84. The summed E-state index contributed by atoms with van der Waals surface area (Å²) in [6, 6.07) is 3.34. The third-order valence-electron chi connectivity index (χ3n) is 3.68. The molecule has 1 aliphatic heterocycles. The van der Waals surface area contributed by atoms with E-state index >= 15 is 0 Å². The molecular formula is C19H20ClCrNO7. The van der Waals surface area contributed by atoms with Crippen molar-refractivity contribution in [2.75, 3.05) is 27.4 Å². The number of hydrogen-bond acceptors (Lipinski definition) is 5. The second-order valence-electron chi connectivity index (χ2n) is 5.05. The molecule has 1 aliphatic rings. The van der Waals surface area contributed by atoms with Gasteiger partial charge in [-0.05, 0) is 24.1 Å². The molecule has 8 nitrogen and oxygen atoms in total. The number of nitrogens with zero attached hydrogens (tertiary/aromatic N) is 1. The molecule has 1 heterocycles. The van der Waals surface area contributed by atoms with Crippen LogP contribution in [-0.2, 0) is 36.1 Å². The number of carbonyl (C=O) groups excluding carboxylic acids is 1. The van der Waals surface area contributed by atoms with Gasteiger partial charge in [-0.15, -0.1) is 0 Å². The number of ketones is 1. The predicted octanol–water partition coefficient (Wildman–Crippen LogP) is 2.45. The van der Waals surface area contributed by atoms with Crippen molar-refractivity contribution < 1.29 is 50.7 Å². The van der Waals surface area contributed by atoms with E-state index in [0.717, 1.165) is 5.56 Å². The van der Waals surface area contributed by atoms with Gasteiger partial charge < -0.3 is 19.5 Å². The summed E-state index contributed by atoms with van der Waals surface area (Å²) in [7, 11) is 3.11. The van der Waals surface area contributed by atoms with Crippen molar-refractivity contribution in [3.63, 3.8) is 0 Å². The molecule has 0 saturated heterocycles. The maximum Gasteiger partial charge on any atom is 0 e. The Morgan fingerprint density at radius 3 is 2.14 bits per heavy atom. The van der Waals surface area contributed by atoms with E-state index in [1.807, 2.05) is 11.0 Å².